The zero-order valence-electron chi connectivity index (χ0n) is 11.4. The molecule has 1 rings (SSSR count). The molecule has 0 fully saturated rings. The van der Waals surface area contributed by atoms with Crippen LogP contribution in [-0.2, 0) is 4.79 Å². The van der Waals surface area contributed by atoms with Crippen molar-refractivity contribution in [2.45, 2.75) is 39.0 Å². The molecule has 0 aliphatic heterocycles. The molecule has 0 saturated heterocycles. The van der Waals surface area contributed by atoms with Crippen LogP contribution in [0.4, 0.5) is 5.69 Å². The van der Waals surface area contributed by atoms with Crippen LogP contribution >= 0.6 is 11.8 Å². The van der Waals surface area contributed by atoms with Gasteiger partial charge in [-0.05, 0) is 44.0 Å². The highest BCUT2D eigenvalue weighted by Crippen LogP contribution is 2.17. The summed E-state index contributed by atoms with van der Waals surface area (Å²) in [5, 5.41) is 12.3. The van der Waals surface area contributed by atoms with Gasteiger partial charge >= 0.3 is 0 Å². The van der Waals surface area contributed by atoms with Crippen molar-refractivity contribution in [3.8, 4) is 0 Å². The van der Waals surface area contributed by atoms with Crippen molar-refractivity contribution in [3.05, 3.63) is 29.3 Å². The van der Waals surface area contributed by atoms with Crippen molar-refractivity contribution in [2.75, 3.05) is 11.1 Å². The number of hydrogen-bond acceptors (Lipinski definition) is 3. The maximum atomic E-state index is 11.7. The fraction of sp³-hybridized carbons (Fsp3) is 0.500. The fourth-order valence-corrected chi connectivity index (χ4v) is 2.13. The Morgan fingerprint density at radius 1 is 1.33 bits per heavy atom. The Kier molecular flexibility index (Phi) is 5.69. The number of aliphatic hydroxyl groups excluding tert-OH is 1. The van der Waals surface area contributed by atoms with Crippen LogP contribution in [0.3, 0.4) is 0 Å². The minimum atomic E-state index is -0.399. The number of hydrogen-bond donors (Lipinski definition) is 2. The minimum absolute atomic E-state index is 0.0317. The molecule has 0 bridgehead atoms. The summed E-state index contributed by atoms with van der Waals surface area (Å²) in [6.07, 6.45) is -0.399. The molecular formula is C14H21NO2S. The lowest BCUT2D eigenvalue weighted by molar-refractivity contribution is -0.113. The zero-order valence-corrected chi connectivity index (χ0v) is 12.2. The van der Waals surface area contributed by atoms with Gasteiger partial charge in [-0.3, -0.25) is 4.79 Å². The molecule has 0 saturated carbocycles. The number of aryl methyl sites for hydroxylation is 2. The van der Waals surface area contributed by atoms with Crippen LogP contribution in [0, 0.1) is 13.8 Å². The molecule has 2 unspecified atom stereocenters. The van der Waals surface area contributed by atoms with E-state index >= 15 is 0 Å². The summed E-state index contributed by atoms with van der Waals surface area (Å²) >= 11 is 1.46. The highest BCUT2D eigenvalue weighted by molar-refractivity contribution is 8.00. The molecule has 2 N–H and O–H groups in total. The monoisotopic (exact) mass is 267 g/mol. The third-order valence-electron chi connectivity index (χ3n) is 2.95. The SMILES string of the molecule is Cc1ccc(NC(=O)CSC(C)C(C)O)cc1C. The molecular weight excluding hydrogens is 246 g/mol. The van der Waals surface area contributed by atoms with Gasteiger partial charge in [0, 0.05) is 10.9 Å². The molecule has 18 heavy (non-hydrogen) atoms. The first-order chi connectivity index (χ1) is 8.40. The molecule has 100 valence electrons. The number of carbonyl (C=O) groups is 1. The number of anilines is 1. The highest BCUT2D eigenvalue weighted by Gasteiger charge is 2.11. The van der Waals surface area contributed by atoms with Crippen LogP contribution < -0.4 is 5.32 Å². The second-order valence-electron chi connectivity index (χ2n) is 4.60. The average molecular weight is 267 g/mol. The van der Waals surface area contributed by atoms with Crippen molar-refractivity contribution in [3.63, 3.8) is 0 Å². The number of rotatable bonds is 5. The lowest BCUT2D eigenvalue weighted by Crippen LogP contribution is -2.20. The van der Waals surface area contributed by atoms with Crippen molar-refractivity contribution >= 4 is 23.4 Å². The van der Waals surface area contributed by atoms with Gasteiger partial charge in [0.05, 0.1) is 11.9 Å². The van der Waals surface area contributed by atoms with Crippen LogP contribution in [0.15, 0.2) is 18.2 Å². The maximum absolute atomic E-state index is 11.7. The standard InChI is InChI=1S/C14H21NO2S/c1-9-5-6-13(7-10(9)2)15-14(17)8-18-12(4)11(3)16/h5-7,11-12,16H,8H2,1-4H3,(H,15,17). The van der Waals surface area contributed by atoms with E-state index in [1.54, 1.807) is 6.92 Å². The van der Waals surface area contributed by atoms with Gasteiger partial charge in [0.2, 0.25) is 5.91 Å². The van der Waals surface area contributed by atoms with Crippen molar-refractivity contribution in [2.24, 2.45) is 0 Å². The van der Waals surface area contributed by atoms with Crippen molar-refractivity contribution in [1.82, 2.24) is 0 Å². The molecule has 1 amide bonds. The van der Waals surface area contributed by atoms with E-state index in [-0.39, 0.29) is 11.2 Å². The predicted octanol–water partition coefficient (Wildman–Crippen LogP) is 2.74. The minimum Gasteiger partial charge on any atom is -0.392 e. The van der Waals surface area contributed by atoms with E-state index in [0.29, 0.717) is 5.75 Å². The van der Waals surface area contributed by atoms with E-state index < -0.39 is 6.10 Å². The largest absolute Gasteiger partial charge is 0.392 e. The molecule has 1 aromatic carbocycles. The number of amides is 1. The molecule has 0 radical (unpaired) electrons. The Balaban J connectivity index is 2.47. The Bertz CT molecular complexity index is 418. The molecule has 0 heterocycles. The first-order valence-electron chi connectivity index (χ1n) is 6.07. The van der Waals surface area contributed by atoms with Crippen LogP contribution in [0.5, 0.6) is 0 Å². The van der Waals surface area contributed by atoms with Crippen LogP contribution in [0.25, 0.3) is 0 Å². The summed E-state index contributed by atoms with van der Waals surface area (Å²) < 4.78 is 0. The van der Waals surface area contributed by atoms with E-state index in [4.69, 9.17) is 0 Å². The Morgan fingerprint density at radius 2 is 2.00 bits per heavy atom. The van der Waals surface area contributed by atoms with Crippen LogP contribution in [0.2, 0.25) is 0 Å². The molecule has 2 atom stereocenters. The fourth-order valence-electron chi connectivity index (χ4n) is 1.36. The summed E-state index contributed by atoms with van der Waals surface area (Å²) in [5.41, 5.74) is 3.20. The normalized spacial score (nSPS) is 14.1. The summed E-state index contributed by atoms with van der Waals surface area (Å²) in [4.78, 5) is 11.7. The summed E-state index contributed by atoms with van der Waals surface area (Å²) in [7, 11) is 0. The molecule has 4 heteroatoms. The van der Waals surface area contributed by atoms with E-state index in [1.807, 2.05) is 39.0 Å². The average Bonchev–Trinajstić information content (AvgIpc) is 2.30. The molecule has 0 aromatic heterocycles. The van der Waals surface area contributed by atoms with Gasteiger partial charge in [0.15, 0.2) is 0 Å². The molecule has 1 aromatic rings. The molecule has 0 aliphatic rings. The lowest BCUT2D eigenvalue weighted by atomic mass is 10.1. The molecule has 0 aliphatic carbocycles. The second-order valence-corrected chi connectivity index (χ2v) is 5.97. The first-order valence-corrected chi connectivity index (χ1v) is 7.12. The number of thioether (sulfide) groups is 1. The summed E-state index contributed by atoms with van der Waals surface area (Å²) in [5.74, 6) is 0.328. The van der Waals surface area contributed by atoms with Gasteiger partial charge < -0.3 is 10.4 Å². The van der Waals surface area contributed by atoms with E-state index in [1.165, 1.54) is 17.3 Å². The quantitative estimate of drug-likeness (QED) is 0.862. The van der Waals surface area contributed by atoms with Crippen molar-refractivity contribution in [1.29, 1.82) is 0 Å². The second kappa shape index (κ2) is 6.81. The van der Waals surface area contributed by atoms with Gasteiger partial charge in [-0.15, -0.1) is 11.8 Å². The van der Waals surface area contributed by atoms with Crippen molar-refractivity contribution < 1.29 is 9.90 Å². The Morgan fingerprint density at radius 3 is 2.56 bits per heavy atom. The van der Waals surface area contributed by atoms with Gasteiger partial charge in [-0.1, -0.05) is 13.0 Å². The highest BCUT2D eigenvalue weighted by atomic mass is 32.2. The third kappa shape index (κ3) is 4.70. The van der Waals surface area contributed by atoms with Gasteiger partial charge in [-0.2, -0.15) is 0 Å². The van der Waals surface area contributed by atoms with Gasteiger partial charge in [0.1, 0.15) is 0 Å². The van der Waals surface area contributed by atoms with Gasteiger partial charge in [-0.25, -0.2) is 0 Å². The lowest BCUT2D eigenvalue weighted by Gasteiger charge is -2.14. The first kappa shape index (κ1) is 15.1. The summed E-state index contributed by atoms with van der Waals surface area (Å²) in [6.45, 7) is 7.72. The topological polar surface area (TPSA) is 49.3 Å². The predicted molar refractivity (Wildman–Crippen MR) is 78.1 cm³/mol. The molecule has 0 spiro atoms. The number of nitrogens with one attached hydrogen (secondary N) is 1. The van der Waals surface area contributed by atoms with Crippen LogP contribution in [0.1, 0.15) is 25.0 Å². The number of benzene rings is 1. The maximum Gasteiger partial charge on any atom is 0.234 e. The molecule has 3 nitrogen and oxygen atoms in total. The summed E-state index contributed by atoms with van der Waals surface area (Å²) in [6, 6.07) is 5.87. The van der Waals surface area contributed by atoms with Gasteiger partial charge in [0.25, 0.3) is 0 Å². The Hall–Kier alpha value is -1.00. The third-order valence-corrected chi connectivity index (χ3v) is 4.30. The smallest absolute Gasteiger partial charge is 0.234 e. The number of aliphatic hydroxyl groups is 1. The van der Waals surface area contributed by atoms with E-state index in [2.05, 4.69) is 5.32 Å². The Labute approximate surface area is 113 Å². The zero-order chi connectivity index (χ0) is 13.7. The van der Waals surface area contributed by atoms with E-state index in [9.17, 15) is 9.90 Å². The number of carbonyl (C=O) groups excluding carboxylic acids is 1. The van der Waals surface area contributed by atoms with E-state index in [0.717, 1.165) is 11.3 Å². The van der Waals surface area contributed by atoms with Crippen LogP contribution in [-0.4, -0.2) is 28.1 Å².